The summed E-state index contributed by atoms with van der Waals surface area (Å²) in [5, 5.41) is 5.77. The van der Waals surface area contributed by atoms with Gasteiger partial charge in [-0.1, -0.05) is 6.92 Å². The maximum Gasteiger partial charge on any atom is 0.236 e. The Hall–Kier alpha value is -0.570. The third-order valence-corrected chi connectivity index (χ3v) is 1.91. The molecule has 1 amide bonds. The highest BCUT2D eigenvalue weighted by Crippen LogP contribution is 2.11. The molecule has 0 aliphatic carbocycles. The molecule has 1 rings (SSSR count). The van der Waals surface area contributed by atoms with Crippen LogP contribution < -0.4 is 10.6 Å². The first-order chi connectivity index (χ1) is 4.74. The summed E-state index contributed by atoms with van der Waals surface area (Å²) < 4.78 is 0. The lowest BCUT2D eigenvalue weighted by Gasteiger charge is -2.06. The molecule has 2 N–H and O–H groups in total. The molecule has 1 aliphatic heterocycles. The summed E-state index contributed by atoms with van der Waals surface area (Å²) >= 11 is 0. The maximum absolute atomic E-state index is 11.0. The molecule has 1 aliphatic rings. The minimum Gasteiger partial charge on any atom is -0.358 e. The quantitative estimate of drug-likeness (QED) is 0.529. The molecule has 1 saturated heterocycles. The third kappa shape index (κ3) is 1.48. The second-order valence-corrected chi connectivity index (χ2v) is 2.92. The van der Waals surface area contributed by atoms with Gasteiger partial charge in [0.15, 0.2) is 0 Å². The minimum atomic E-state index is 0.0556. The second-order valence-electron chi connectivity index (χ2n) is 2.92. The lowest BCUT2D eigenvalue weighted by atomic mass is 10.1. The van der Waals surface area contributed by atoms with Crippen molar-refractivity contribution in [1.82, 2.24) is 10.6 Å². The molecule has 58 valence electrons. The maximum atomic E-state index is 11.0. The van der Waals surface area contributed by atoms with Crippen LogP contribution in [0.25, 0.3) is 0 Å². The monoisotopic (exact) mass is 142 g/mol. The molecule has 0 radical (unpaired) electrons. The van der Waals surface area contributed by atoms with Gasteiger partial charge in [0.05, 0.1) is 6.04 Å². The van der Waals surface area contributed by atoms with Gasteiger partial charge in [0.1, 0.15) is 0 Å². The van der Waals surface area contributed by atoms with Crippen LogP contribution in [0.1, 0.15) is 13.3 Å². The number of hydrogen-bond acceptors (Lipinski definition) is 2. The largest absolute Gasteiger partial charge is 0.358 e. The van der Waals surface area contributed by atoms with E-state index in [1.54, 1.807) is 7.05 Å². The number of hydrogen-bond donors (Lipinski definition) is 2. The van der Waals surface area contributed by atoms with Crippen LogP contribution in [0.2, 0.25) is 0 Å². The van der Waals surface area contributed by atoms with Crippen LogP contribution in [0.5, 0.6) is 0 Å². The van der Waals surface area contributed by atoms with E-state index < -0.39 is 0 Å². The molecule has 0 bridgehead atoms. The van der Waals surface area contributed by atoms with E-state index in [-0.39, 0.29) is 11.9 Å². The Morgan fingerprint density at radius 3 is 2.80 bits per heavy atom. The van der Waals surface area contributed by atoms with Crippen LogP contribution in [0.15, 0.2) is 0 Å². The number of carbonyl (C=O) groups excluding carboxylic acids is 1. The first-order valence-electron chi connectivity index (χ1n) is 3.69. The summed E-state index contributed by atoms with van der Waals surface area (Å²) in [4.78, 5) is 11.0. The molecular weight excluding hydrogens is 128 g/mol. The Morgan fingerprint density at radius 1 is 1.70 bits per heavy atom. The molecule has 0 spiro atoms. The van der Waals surface area contributed by atoms with Crippen molar-refractivity contribution in [3.63, 3.8) is 0 Å². The van der Waals surface area contributed by atoms with Crippen molar-refractivity contribution < 1.29 is 4.79 Å². The summed E-state index contributed by atoms with van der Waals surface area (Å²) in [6.07, 6.45) is 0.972. The highest BCUT2D eigenvalue weighted by molar-refractivity contribution is 5.81. The van der Waals surface area contributed by atoms with Gasteiger partial charge in [0.25, 0.3) is 0 Å². The summed E-state index contributed by atoms with van der Waals surface area (Å²) in [5.41, 5.74) is 0. The predicted molar refractivity (Wildman–Crippen MR) is 39.6 cm³/mol. The van der Waals surface area contributed by atoms with Gasteiger partial charge in [0.2, 0.25) is 5.91 Å². The number of likely N-dealkylation sites (N-methyl/N-ethyl adjacent to an activating group) is 1. The molecular formula is C7H14N2O. The van der Waals surface area contributed by atoms with Crippen molar-refractivity contribution in [3.05, 3.63) is 0 Å². The van der Waals surface area contributed by atoms with Gasteiger partial charge in [-0.3, -0.25) is 4.79 Å². The lowest BCUT2D eigenvalue weighted by molar-refractivity contribution is -0.122. The van der Waals surface area contributed by atoms with Gasteiger partial charge in [-0.25, -0.2) is 0 Å². The zero-order valence-electron chi connectivity index (χ0n) is 6.48. The zero-order valence-corrected chi connectivity index (χ0v) is 6.48. The second kappa shape index (κ2) is 3.01. The predicted octanol–water partition coefficient (Wildman–Crippen LogP) is -0.270. The van der Waals surface area contributed by atoms with Gasteiger partial charge in [0, 0.05) is 7.05 Å². The van der Waals surface area contributed by atoms with Crippen LogP contribution in [0.4, 0.5) is 0 Å². The van der Waals surface area contributed by atoms with Gasteiger partial charge in [-0.2, -0.15) is 0 Å². The highest BCUT2D eigenvalue weighted by atomic mass is 16.2. The number of amides is 1. The summed E-state index contributed by atoms with van der Waals surface area (Å²) in [6.45, 7) is 3.12. The molecule has 3 heteroatoms. The fraction of sp³-hybridized carbons (Fsp3) is 0.857. The number of carbonyl (C=O) groups is 1. The van der Waals surface area contributed by atoms with E-state index in [2.05, 4.69) is 17.6 Å². The average Bonchev–Trinajstić information content (AvgIpc) is 2.34. The van der Waals surface area contributed by atoms with Gasteiger partial charge in [-0.05, 0) is 18.9 Å². The van der Waals surface area contributed by atoms with E-state index >= 15 is 0 Å². The fourth-order valence-electron chi connectivity index (χ4n) is 1.29. The molecule has 0 aromatic heterocycles. The molecule has 0 unspecified atom stereocenters. The molecule has 0 saturated carbocycles. The molecule has 1 fully saturated rings. The topological polar surface area (TPSA) is 41.1 Å². The van der Waals surface area contributed by atoms with Gasteiger partial charge in [-0.15, -0.1) is 0 Å². The molecule has 1 heterocycles. The SMILES string of the molecule is CNC(=O)[C@@H]1C[C@H](C)CN1. The van der Waals surface area contributed by atoms with Crippen molar-refractivity contribution in [2.75, 3.05) is 13.6 Å². The Labute approximate surface area is 61.2 Å². The van der Waals surface area contributed by atoms with Gasteiger partial charge >= 0.3 is 0 Å². The molecule has 2 atom stereocenters. The standard InChI is InChI=1S/C7H14N2O/c1-5-3-6(9-4-5)7(10)8-2/h5-6,9H,3-4H2,1-2H3,(H,8,10)/t5-,6-/m0/s1. The van der Waals surface area contributed by atoms with Crippen molar-refractivity contribution in [1.29, 1.82) is 0 Å². The van der Waals surface area contributed by atoms with Crippen LogP contribution in [0, 0.1) is 5.92 Å². The number of rotatable bonds is 1. The van der Waals surface area contributed by atoms with E-state index in [0.29, 0.717) is 5.92 Å². The Bertz CT molecular complexity index is 136. The fourth-order valence-corrected chi connectivity index (χ4v) is 1.29. The third-order valence-electron chi connectivity index (χ3n) is 1.91. The molecule has 0 aromatic rings. The average molecular weight is 142 g/mol. The van der Waals surface area contributed by atoms with Crippen molar-refractivity contribution in [2.24, 2.45) is 5.92 Å². The summed E-state index contributed by atoms with van der Waals surface area (Å²) in [5.74, 6) is 0.756. The zero-order chi connectivity index (χ0) is 7.56. The highest BCUT2D eigenvalue weighted by Gasteiger charge is 2.25. The Morgan fingerprint density at radius 2 is 2.40 bits per heavy atom. The van der Waals surface area contributed by atoms with E-state index in [0.717, 1.165) is 13.0 Å². The van der Waals surface area contributed by atoms with Crippen LogP contribution in [-0.2, 0) is 4.79 Å². The van der Waals surface area contributed by atoms with Crippen LogP contribution in [0.3, 0.4) is 0 Å². The van der Waals surface area contributed by atoms with E-state index in [1.807, 2.05) is 0 Å². The molecule has 0 aromatic carbocycles. The van der Waals surface area contributed by atoms with Crippen molar-refractivity contribution in [3.8, 4) is 0 Å². The van der Waals surface area contributed by atoms with E-state index in [1.165, 1.54) is 0 Å². The first-order valence-corrected chi connectivity index (χ1v) is 3.69. The Balaban J connectivity index is 2.37. The normalized spacial score (nSPS) is 32.2. The lowest BCUT2D eigenvalue weighted by Crippen LogP contribution is -2.38. The Kier molecular flexibility index (Phi) is 2.27. The summed E-state index contributed by atoms with van der Waals surface area (Å²) in [6, 6.07) is 0.0556. The minimum absolute atomic E-state index is 0.0556. The van der Waals surface area contributed by atoms with Gasteiger partial charge < -0.3 is 10.6 Å². The van der Waals surface area contributed by atoms with E-state index in [9.17, 15) is 4.79 Å². The first kappa shape index (κ1) is 7.54. The molecule has 10 heavy (non-hydrogen) atoms. The summed E-state index contributed by atoms with van der Waals surface area (Å²) in [7, 11) is 1.67. The van der Waals surface area contributed by atoms with Crippen molar-refractivity contribution in [2.45, 2.75) is 19.4 Å². The van der Waals surface area contributed by atoms with E-state index in [4.69, 9.17) is 0 Å². The number of nitrogens with one attached hydrogen (secondary N) is 2. The van der Waals surface area contributed by atoms with Crippen LogP contribution in [-0.4, -0.2) is 25.5 Å². The smallest absolute Gasteiger partial charge is 0.236 e. The van der Waals surface area contributed by atoms with Crippen LogP contribution >= 0.6 is 0 Å². The molecule has 3 nitrogen and oxygen atoms in total. The van der Waals surface area contributed by atoms with Crippen molar-refractivity contribution >= 4 is 5.91 Å².